The first-order valence-corrected chi connectivity index (χ1v) is 13.7. The Labute approximate surface area is 219 Å². The maximum atomic E-state index is 13.4. The minimum Gasteiger partial charge on any atom is -0.478 e. The number of benzene rings is 2. The topological polar surface area (TPSA) is 81.3 Å². The second-order valence-electron chi connectivity index (χ2n) is 10.3. The van der Waals surface area contributed by atoms with Crippen LogP contribution < -0.4 is 5.69 Å². The molecule has 6 heteroatoms. The number of carboxylic acid groups (broad SMARTS) is 1. The van der Waals surface area contributed by atoms with Gasteiger partial charge < -0.3 is 5.11 Å². The van der Waals surface area contributed by atoms with Crippen molar-refractivity contribution in [3.05, 3.63) is 82.0 Å². The smallest absolute Gasteiger partial charge is 0.336 e. The molecule has 1 heterocycles. The maximum Gasteiger partial charge on any atom is 0.336 e. The van der Waals surface area contributed by atoms with Gasteiger partial charge in [0.1, 0.15) is 0 Å². The van der Waals surface area contributed by atoms with E-state index < -0.39 is 5.97 Å². The molecule has 1 saturated carbocycles. The van der Waals surface area contributed by atoms with Crippen molar-refractivity contribution in [3.63, 3.8) is 0 Å². The summed E-state index contributed by atoms with van der Waals surface area (Å²) in [4.78, 5) is 38.2. The highest BCUT2D eigenvalue weighted by atomic mass is 16.4. The fraction of sp³-hybridized carbons (Fsp3) is 0.452. The normalized spacial score (nSPS) is 14.1. The van der Waals surface area contributed by atoms with Crippen LogP contribution in [0.2, 0.25) is 0 Å². The Hall–Kier alpha value is -3.41. The van der Waals surface area contributed by atoms with Crippen LogP contribution in [0.3, 0.4) is 0 Å². The molecule has 3 aromatic rings. The highest BCUT2D eigenvalue weighted by Gasteiger charge is 2.22. The molecule has 0 amide bonds. The van der Waals surface area contributed by atoms with Gasteiger partial charge in [-0.3, -0.25) is 9.36 Å². The Bertz CT molecular complexity index is 1260. The quantitative estimate of drug-likeness (QED) is 0.293. The van der Waals surface area contributed by atoms with E-state index in [2.05, 4.69) is 6.92 Å². The summed E-state index contributed by atoms with van der Waals surface area (Å²) in [5, 5.41) is 9.52. The Morgan fingerprint density at radius 2 is 1.68 bits per heavy atom. The molecule has 1 aliphatic rings. The molecule has 0 atom stereocenters. The van der Waals surface area contributed by atoms with Gasteiger partial charge in [-0.15, -0.1) is 0 Å². The molecule has 1 N–H and O–H groups in total. The van der Waals surface area contributed by atoms with Crippen molar-refractivity contribution in [1.82, 2.24) is 9.13 Å². The lowest BCUT2D eigenvalue weighted by molar-refractivity contribution is 0.0697. The Balaban J connectivity index is 1.57. The van der Waals surface area contributed by atoms with Crippen LogP contribution in [0.25, 0.3) is 11.1 Å². The molecule has 0 spiro atoms. The molecule has 1 fully saturated rings. The molecule has 1 aromatic heterocycles. The van der Waals surface area contributed by atoms with Crippen LogP contribution in [0.15, 0.2) is 59.5 Å². The van der Waals surface area contributed by atoms with Gasteiger partial charge in [0.15, 0.2) is 0 Å². The standard InChI is InChI=1S/C31H38N2O4/c1-2-3-4-8-13-26-22-33(29(34)20-23-11-6-5-7-12-23)31(37)32(26)21-24-16-18-25(19-17-24)27-14-9-10-15-28(27)30(35)36/h9-10,14-19,22-23H,2-8,11-13,20-21H2,1H3,(H,35,36). The first-order chi connectivity index (χ1) is 18.0. The number of unbranched alkanes of at least 4 members (excludes halogenated alkanes) is 3. The second kappa shape index (κ2) is 12.7. The number of carbonyl (C=O) groups excluding carboxylic acids is 1. The lowest BCUT2D eigenvalue weighted by Gasteiger charge is -2.20. The molecule has 0 radical (unpaired) electrons. The summed E-state index contributed by atoms with van der Waals surface area (Å²) in [6.07, 6.45) is 13.1. The van der Waals surface area contributed by atoms with Crippen molar-refractivity contribution in [3.8, 4) is 11.1 Å². The highest BCUT2D eigenvalue weighted by Crippen LogP contribution is 2.27. The van der Waals surface area contributed by atoms with Crippen LogP contribution in [0.5, 0.6) is 0 Å². The van der Waals surface area contributed by atoms with Crippen molar-refractivity contribution in [1.29, 1.82) is 0 Å². The SMILES string of the molecule is CCCCCCc1cn(C(=O)CC2CCCCC2)c(=O)n1Cc1ccc(-c2ccccc2C(=O)O)cc1. The number of hydrogen-bond donors (Lipinski definition) is 1. The van der Waals surface area contributed by atoms with E-state index in [1.165, 1.54) is 23.8 Å². The van der Waals surface area contributed by atoms with E-state index in [-0.39, 0.29) is 17.2 Å². The largest absolute Gasteiger partial charge is 0.478 e. The number of aromatic carboxylic acids is 1. The second-order valence-corrected chi connectivity index (χ2v) is 10.3. The zero-order chi connectivity index (χ0) is 26.2. The summed E-state index contributed by atoms with van der Waals surface area (Å²) in [5.74, 6) is -0.671. The van der Waals surface area contributed by atoms with Gasteiger partial charge in [-0.2, -0.15) is 0 Å². The first kappa shape index (κ1) is 26.6. The average Bonchev–Trinajstić information content (AvgIpc) is 3.22. The zero-order valence-corrected chi connectivity index (χ0v) is 21.8. The van der Waals surface area contributed by atoms with E-state index in [0.717, 1.165) is 61.8 Å². The summed E-state index contributed by atoms with van der Waals surface area (Å²) in [6.45, 7) is 2.56. The summed E-state index contributed by atoms with van der Waals surface area (Å²) in [7, 11) is 0. The molecular formula is C31H38N2O4. The summed E-state index contributed by atoms with van der Waals surface area (Å²) >= 11 is 0. The first-order valence-electron chi connectivity index (χ1n) is 13.7. The van der Waals surface area contributed by atoms with Crippen molar-refractivity contribution in [2.75, 3.05) is 0 Å². The van der Waals surface area contributed by atoms with Gasteiger partial charge >= 0.3 is 11.7 Å². The lowest BCUT2D eigenvalue weighted by Crippen LogP contribution is -2.30. The summed E-state index contributed by atoms with van der Waals surface area (Å²) in [6, 6.07) is 14.6. The molecule has 1 aliphatic carbocycles. The van der Waals surface area contributed by atoms with E-state index in [0.29, 0.717) is 24.4 Å². The van der Waals surface area contributed by atoms with Gasteiger partial charge in [-0.05, 0) is 54.4 Å². The van der Waals surface area contributed by atoms with Crippen LogP contribution in [0.1, 0.15) is 97.5 Å². The van der Waals surface area contributed by atoms with Crippen LogP contribution in [-0.4, -0.2) is 26.1 Å². The predicted molar refractivity (Wildman–Crippen MR) is 146 cm³/mol. The van der Waals surface area contributed by atoms with E-state index in [1.807, 2.05) is 30.3 Å². The molecule has 0 saturated heterocycles. The number of imidazole rings is 1. The summed E-state index contributed by atoms with van der Waals surface area (Å²) in [5.41, 5.74) is 3.31. The van der Waals surface area contributed by atoms with Crippen molar-refractivity contribution < 1.29 is 14.7 Å². The van der Waals surface area contributed by atoms with Crippen molar-refractivity contribution in [2.24, 2.45) is 5.92 Å². The third kappa shape index (κ3) is 6.68. The van der Waals surface area contributed by atoms with Crippen molar-refractivity contribution in [2.45, 2.75) is 84.1 Å². The Morgan fingerprint density at radius 3 is 2.38 bits per heavy atom. The number of nitrogens with zero attached hydrogens (tertiary/aromatic N) is 2. The van der Waals surface area contributed by atoms with Gasteiger partial charge in [0, 0.05) is 18.3 Å². The molecule has 37 heavy (non-hydrogen) atoms. The molecule has 196 valence electrons. The minimum atomic E-state index is -0.960. The Morgan fingerprint density at radius 1 is 0.946 bits per heavy atom. The van der Waals surface area contributed by atoms with Crippen LogP contribution in [-0.2, 0) is 13.0 Å². The van der Waals surface area contributed by atoms with Crippen LogP contribution in [0.4, 0.5) is 0 Å². The van der Waals surface area contributed by atoms with Gasteiger partial charge in [0.2, 0.25) is 5.91 Å². The molecule has 0 unspecified atom stereocenters. The van der Waals surface area contributed by atoms with Crippen molar-refractivity contribution >= 4 is 11.9 Å². The minimum absolute atomic E-state index is 0.0916. The maximum absolute atomic E-state index is 13.4. The van der Waals surface area contributed by atoms with Gasteiger partial charge in [-0.1, -0.05) is 87.9 Å². The van der Waals surface area contributed by atoms with Crippen LogP contribution >= 0.6 is 0 Å². The van der Waals surface area contributed by atoms with Crippen LogP contribution in [0, 0.1) is 5.92 Å². The molecule has 4 rings (SSSR count). The van der Waals surface area contributed by atoms with E-state index >= 15 is 0 Å². The average molecular weight is 503 g/mol. The molecule has 6 nitrogen and oxygen atoms in total. The van der Waals surface area contributed by atoms with Gasteiger partial charge in [0.05, 0.1) is 12.1 Å². The third-order valence-corrected chi connectivity index (χ3v) is 7.57. The van der Waals surface area contributed by atoms with E-state index in [4.69, 9.17) is 0 Å². The Kier molecular flexibility index (Phi) is 9.15. The number of carboxylic acids is 1. The number of carbonyl (C=O) groups is 2. The van der Waals surface area contributed by atoms with E-state index in [9.17, 15) is 19.5 Å². The molecule has 0 bridgehead atoms. The number of hydrogen-bond acceptors (Lipinski definition) is 3. The molecule has 0 aliphatic heterocycles. The fourth-order valence-electron chi connectivity index (χ4n) is 5.44. The molecule has 2 aromatic carbocycles. The highest BCUT2D eigenvalue weighted by molar-refractivity contribution is 5.96. The third-order valence-electron chi connectivity index (χ3n) is 7.57. The summed E-state index contributed by atoms with van der Waals surface area (Å²) < 4.78 is 3.09. The van der Waals surface area contributed by atoms with Gasteiger partial charge in [-0.25, -0.2) is 14.2 Å². The monoisotopic (exact) mass is 502 g/mol. The zero-order valence-electron chi connectivity index (χ0n) is 21.8. The van der Waals surface area contributed by atoms with Gasteiger partial charge in [0.25, 0.3) is 0 Å². The number of aromatic nitrogens is 2. The molecular weight excluding hydrogens is 464 g/mol. The number of aryl methyl sites for hydroxylation is 1. The number of rotatable bonds is 11. The van der Waals surface area contributed by atoms with E-state index in [1.54, 1.807) is 29.0 Å². The predicted octanol–water partition coefficient (Wildman–Crippen LogP) is 6.80. The lowest BCUT2D eigenvalue weighted by atomic mass is 9.87. The fourth-order valence-corrected chi connectivity index (χ4v) is 5.44.